The van der Waals surface area contributed by atoms with Crippen molar-refractivity contribution < 1.29 is 19.2 Å². The predicted octanol–water partition coefficient (Wildman–Crippen LogP) is 3.16. The number of hydrogen-bond acceptors (Lipinski definition) is 5. The number of nitrogens with one attached hydrogen (secondary N) is 1. The zero-order chi connectivity index (χ0) is 19.0. The monoisotopic (exact) mass is 364 g/mol. The molecule has 0 aliphatic carbocycles. The predicted molar refractivity (Wildman–Crippen MR) is 100 cm³/mol. The number of aromatic nitrogens is 1. The van der Waals surface area contributed by atoms with E-state index in [9.17, 15) is 9.90 Å². The average molecular weight is 364 g/mol. The molecule has 1 aromatic heterocycles. The smallest absolute Gasteiger partial charge is 0.266 e. The van der Waals surface area contributed by atoms with Crippen molar-refractivity contribution in [3.05, 3.63) is 71.1 Å². The van der Waals surface area contributed by atoms with Crippen LogP contribution >= 0.6 is 0 Å². The third-order valence-electron chi connectivity index (χ3n) is 4.88. The molecule has 3 aromatic rings. The largest absolute Gasteiger partial charge is 0.394 e. The Bertz CT molecular complexity index is 977. The Balaban J connectivity index is 1.93. The molecule has 1 atom stereocenters. The first-order chi connectivity index (χ1) is 13.1. The summed E-state index contributed by atoms with van der Waals surface area (Å²) in [4.78, 5) is 13.0. The number of fused-ring (bicyclic) bond motifs is 1. The zero-order valence-electron chi connectivity index (χ0n) is 15.2. The van der Waals surface area contributed by atoms with E-state index in [0.717, 1.165) is 16.8 Å². The van der Waals surface area contributed by atoms with Crippen LogP contribution in [0.3, 0.4) is 0 Å². The van der Waals surface area contributed by atoms with E-state index in [-0.39, 0.29) is 19.1 Å². The first kappa shape index (κ1) is 17.5. The number of ether oxygens (including phenoxy) is 1. The Morgan fingerprint density at radius 1 is 1.19 bits per heavy atom. The van der Waals surface area contributed by atoms with Crippen LogP contribution in [0.15, 0.2) is 53.1 Å². The quantitative estimate of drug-likeness (QED) is 0.726. The molecule has 4 rings (SSSR count). The van der Waals surface area contributed by atoms with Crippen molar-refractivity contribution in [3.63, 3.8) is 0 Å². The fourth-order valence-electron chi connectivity index (χ4n) is 3.71. The lowest BCUT2D eigenvalue weighted by Gasteiger charge is -2.28. The molecule has 1 aliphatic rings. The maximum atomic E-state index is 13.0. The van der Waals surface area contributed by atoms with E-state index in [0.29, 0.717) is 22.6 Å². The Labute approximate surface area is 156 Å². The summed E-state index contributed by atoms with van der Waals surface area (Å²) < 4.78 is 11.3. The van der Waals surface area contributed by atoms with Crippen LogP contribution in [0.5, 0.6) is 0 Å². The first-order valence-corrected chi connectivity index (χ1v) is 8.77. The van der Waals surface area contributed by atoms with E-state index in [1.54, 1.807) is 0 Å². The van der Waals surface area contributed by atoms with Gasteiger partial charge in [-0.15, -0.1) is 0 Å². The summed E-state index contributed by atoms with van der Waals surface area (Å²) in [7, 11) is 0. The van der Waals surface area contributed by atoms with Crippen molar-refractivity contribution in [2.24, 2.45) is 0 Å². The van der Waals surface area contributed by atoms with Crippen molar-refractivity contribution in [2.45, 2.75) is 19.4 Å². The van der Waals surface area contributed by atoms with Crippen LogP contribution < -0.4 is 5.32 Å². The van der Waals surface area contributed by atoms with Crippen LogP contribution in [0.2, 0.25) is 0 Å². The lowest BCUT2D eigenvalue weighted by Crippen LogP contribution is -2.39. The van der Waals surface area contributed by atoms with Gasteiger partial charge in [0.2, 0.25) is 0 Å². The van der Waals surface area contributed by atoms with Gasteiger partial charge in [-0.1, -0.05) is 41.6 Å². The van der Waals surface area contributed by atoms with E-state index in [2.05, 4.69) is 10.5 Å². The van der Waals surface area contributed by atoms with E-state index in [1.807, 2.05) is 62.4 Å². The number of amides is 1. The third kappa shape index (κ3) is 2.65. The molecule has 0 spiro atoms. The standard InChI is InChI=1S/C21H20N2O4/c1-13-19(14(2)27-23-13)15-8-9-18-17(12-15)21(20(25)22-18,26-11-10-24)16-6-4-3-5-7-16/h3-9,12,24H,10-11H2,1-2H3,(H,22,25). The molecule has 1 unspecified atom stereocenters. The molecule has 0 saturated carbocycles. The summed E-state index contributed by atoms with van der Waals surface area (Å²) in [6.45, 7) is 3.60. The normalized spacial score (nSPS) is 18.4. The number of benzene rings is 2. The van der Waals surface area contributed by atoms with E-state index >= 15 is 0 Å². The third-order valence-corrected chi connectivity index (χ3v) is 4.88. The van der Waals surface area contributed by atoms with Gasteiger partial charge in [-0.05, 0) is 37.1 Å². The highest BCUT2D eigenvalue weighted by molar-refractivity contribution is 6.08. The molecule has 0 bridgehead atoms. The minimum absolute atomic E-state index is 0.0390. The van der Waals surface area contributed by atoms with Crippen molar-refractivity contribution in [2.75, 3.05) is 18.5 Å². The zero-order valence-corrected chi connectivity index (χ0v) is 15.2. The molecule has 0 saturated heterocycles. The molecule has 6 nitrogen and oxygen atoms in total. The maximum Gasteiger partial charge on any atom is 0.266 e. The van der Waals surface area contributed by atoms with E-state index in [4.69, 9.17) is 9.26 Å². The molecule has 1 amide bonds. The lowest BCUT2D eigenvalue weighted by molar-refractivity contribution is -0.136. The van der Waals surface area contributed by atoms with Crippen LogP contribution in [-0.2, 0) is 15.1 Å². The molecular weight excluding hydrogens is 344 g/mol. The molecule has 138 valence electrons. The summed E-state index contributed by atoms with van der Waals surface area (Å²) >= 11 is 0. The molecule has 0 radical (unpaired) electrons. The van der Waals surface area contributed by atoms with Crippen LogP contribution in [0, 0.1) is 13.8 Å². The number of aliphatic hydroxyl groups excluding tert-OH is 1. The van der Waals surface area contributed by atoms with Crippen LogP contribution in [0.25, 0.3) is 11.1 Å². The van der Waals surface area contributed by atoms with Crippen molar-refractivity contribution in [1.82, 2.24) is 5.16 Å². The number of rotatable bonds is 5. The number of aliphatic hydroxyl groups is 1. The van der Waals surface area contributed by atoms with Gasteiger partial charge in [0.15, 0.2) is 5.60 Å². The lowest BCUT2D eigenvalue weighted by atomic mass is 9.85. The Morgan fingerprint density at radius 2 is 1.96 bits per heavy atom. The second-order valence-corrected chi connectivity index (χ2v) is 6.53. The molecule has 6 heteroatoms. The molecule has 1 aliphatic heterocycles. The molecule has 2 aromatic carbocycles. The van der Waals surface area contributed by atoms with E-state index in [1.165, 1.54) is 0 Å². The van der Waals surface area contributed by atoms with Gasteiger partial charge in [-0.25, -0.2) is 0 Å². The van der Waals surface area contributed by atoms with Gasteiger partial charge in [0, 0.05) is 16.8 Å². The summed E-state index contributed by atoms with van der Waals surface area (Å²) in [5.41, 5.74) is 3.39. The van der Waals surface area contributed by atoms with Gasteiger partial charge in [-0.3, -0.25) is 4.79 Å². The summed E-state index contributed by atoms with van der Waals surface area (Å²) in [6, 6.07) is 15.1. The minimum atomic E-state index is -1.31. The number of hydrogen-bond donors (Lipinski definition) is 2. The van der Waals surface area contributed by atoms with Crippen molar-refractivity contribution in [3.8, 4) is 11.1 Å². The molecule has 2 N–H and O–H groups in total. The molecule has 2 heterocycles. The molecule has 0 fully saturated rings. The molecular formula is C21H20N2O4. The highest BCUT2D eigenvalue weighted by Gasteiger charge is 2.49. The first-order valence-electron chi connectivity index (χ1n) is 8.77. The summed E-state index contributed by atoms with van der Waals surface area (Å²) in [6.07, 6.45) is 0. The van der Waals surface area contributed by atoms with Gasteiger partial charge in [-0.2, -0.15) is 0 Å². The second kappa shape index (κ2) is 6.64. The maximum absolute atomic E-state index is 13.0. The SMILES string of the molecule is Cc1noc(C)c1-c1ccc2c(c1)C(OCCO)(c1ccccc1)C(=O)N2. The van der Waals surface area contributed by atoms with Crippen molar-refractivity contribution in [1.29, 1.82) is 0 Å². The number of aryl methyl sites for hydroxylation is 2. The van der Waals surface area contributed by atoms with Crippen LogP contribution in [-0.4, -0.2) is 29.4 Å². The number of carbonyl (C=O) groups excluding carboxylic acids is 1. The highest BCUT2D eigenvalue weighted by Crippen LogP contribution is 2.45. The van der Waals surface area contributed by atoms with Crippen molar-refractivity contribution >= 4 is 11.6 Å². The van der Waals surface area contributed by atoms with Gasteiger partial charge in [0.1, 0.15) is 5.76 Å². The fraction of sp³-hybridized carbons (Fsp3) is 0.238. The van der Waals surface area contributed by atoms with Gasteiger partial charge >= 0.3 is 0 Å². The average Bonchev–Trinajstić information content (AvgIpc) is 3.16. The topological polar surface area (TPSA) is 84.6 Å². The minimum Gasteiger partial charge on any atom is -0.394 e. The Kier molecular flexibility index (Phi) is 4.30. The number of anilines is 1. The van der Waals surface area contributed by atoms with Gasteiger partial charge in [0.25, 0.3) is 5.91 Å². The highest BCUT2D eigenvalue weighted by atomic mass is 16.5. The van der Waals surface area contributed by atoms with Gasteiger partial charge in [0.05, 0.1) is 18.9 Å². The Hall–Kier alpha value is -2.96. The Morgan fingerprint density at radius 3 is 2.63 bits per heavy atom. The molecule has 27 heavy (non-hydrogen) atoms. The summed E-state index contributed by atoms with van der Waals surface area (Å²) in [5.74, 6) is 0.444. The fourth-order valence-corrected chi connectivity index (χ4v) is 3.71. The second-order valence-electron chi connectivity index (χ2n) is 6.53. The van der Waals surface area contributed by atoms with E-state index < -0.39 is 5.60 Å². The number of carbonyl (C=O) groups is 1. The van der Waals surface area contributed by atoms with Crippen LogP contribution in [0.4, 0.5) is 5.69 Å². The number of nitrogens with zero attached hydrogens (tertiary/aromatic N) is 1. The van der Waals surface area contributed by atoms with Gasteiger partial charge < -0.3 is 19.7 Å². The summed E-state index contributed by atoms with van der Waals surface area (Å²) in [5, 5.41) is 16.3. The van der Waals surface area contributed by atoms with Crippen LogP contribution in [0.1, 0.15) is 22.6 Å².